The van der Waals surface area contributed by atoms with Gasteiger partial charge >= 0.3 is 0 Å². The molecule has 0 aromatic heterocycles. The van der Waals surface area contributed by atoms with Gasteiger partial charge in [0.15, 0.2) is 11.5 Å². The number of halogens is 2. The number of hydrazone groups is 1. The van der Waals surface area contributed by atoms with E-state index in [0.29, 0.717) is 35.3 Å². The highest BCUT2D eigenvalue weighted by Gasteiger charge is 2.11. The molecule has 0 spiro atoms. The van der Waals surface area contributed by atoms with Gasteiger partial charge in [-0.25, -0.2) is 5.43 Å². The van der Waals surface area contributed by atoms with Crippen molar-refractivity contribution in [2.24, 2.45) is 5.10 Å². The summed E-state index contributed by atoms with van der Waals surface area (Å²) in [4.78, 5) is 12.2. The highest BCUT2D eigenvalue weighted by Crippen LogP contribution is 2.34. The van der Waals surface area contributed by atoms with E-state index in [0.717, 1.165) is 21.2 Å². The third kappa shape index (κ3) is 6.32. The predicted octanol–water partition coefficient (Wildman–Crippen LogP) is 6.15. The molecule has 0 aliphatic heterocycles. The van der Waals surface area contributed by atoms with Crippen LogP contribution in [0.1, 0.15) is 34.0 Å². The number of carbonyl (C=O) groups excluding carboxylic acids is 1. The minimum Gasteiger partial charge on any atom is -0.490 e. The summed E-state index contributed by atoms with van der Waals surface area (Å²) in [6.45, 7) is 4.65. The van der Waals surface area contributed by atoms with Crippen LogP contribution in [0.25, 0.3) is 0 Å². The standard InChI is InChI=1S/C24H22BrClN2O3/c1-3-30-22-12-19(14-27-28-24(29)17-10-8-16(2)9-11-17)20(25)13-23(22)31-15-18-6-4-5-7-21(18)26/h4-14H,3,15H2,1-2H3,(H,28,29)/b27-14-. The zero-order valence-corrected chi connectivity index (χ0v) is 19.5. The largest absolute Gasteiger partial charge is 0.490 e. The second-order valence-electron chi connectivity index (χ2n) is 6.70. The molecule has 0 fully saturated rings. The summed E-state index contributed by atoms with van der Waals surface area (Å²) < 4.78 is 12.4. The van der Waals surface area contributed by atoms with Crippen molar-refractivity contribution in [3.8, 4) is 11.5 Å². The Bertz CT molecular complexity index is 1080. The molecule has 0 aliphatic rings. The summed E-state index contributed by atoms with van der Waals surface area (Å²) in [6, 6.07) is 18.4. The van der Waals surface area contributed by atoms with E-state index in [-0.39, 0.29) is 5.91 Å². The maximum absolute atomic E-state index is 12.2. The first-order chi connectivity index (χ1) is 15.0. The molecule has 3 aromatic carbocycles. The van der Waals surface area contributed by atoms with Crippen LogP contribution in [-0.4, -0.2) is 18.7 Å². The van der Waals surface area contributed by atoms with Gasteiger partial charge < -0.3 is 9.47 Å². The molecule has 5 nitrogen and oxygen atoms in total. The normalized spacial score (nSPS) is 10.8. The minimum absolute atomic E-state index is 0.280. The van der Waals surface area contributed by atoms with Gasteiger partial charge in [0.05, 0.1) is 12.8 Å². The van der Waals surface area contributed by atoms with E-state index >= 15 is 0 Å². The Kier molecular flexibility index (Phi) is 8.09. The van der Waals surface area contributed by atoms with Crippen molar-refractivity contribution >= 4 is 39.7 Å². The summed E-state index contributed by atoms with van der Waals surface area (Å²) in [7, 11) is 0. The number of nitrogens with zero attached hydrogens (tertiary/aromatic N) is 1. The number of aryl methyl sites for hydroxylation is 1. The first-order valence-electron chi connectivity index (χ1n) is 9.70. The van der Waals surface area contributed by atoms with Gasteiger partial charge in [-0.3, -0.25) is 4.79 Å². The minimum atomic E-state index is -0.280. The number of hydrogen-bond donors (Lipinski definition) is 1. The number of rotatable bonds is 8. The Balaban J connectivity index is 1.73. The van der Waals surface area contributed by atoms with Gasteiger partial charge in [-0.2, -0.15) is 5.10 Å². The van der Waals surface area contributed by atoms with Crippen LogP contribution in [0.5, 0.6) is 11.5 Å². The lowest BCUT2D eigenvalue weighted by molar-refractivity contribution is 0.0955. The van der Waals surface area contributed by atoms with E-state index in [1.165, 1.54) is 0 Å². The fourth-order valence-corrected chi connectivity index (χ4v) is 3.35. The molecule has 0 saturated heterocycles. The molecule has 0 aliphatic carbocycles. The number of benzene rings is 3. The average molecular weight is 502 g/mol. The molecular weight excluding hydrogens is 480 g/mol. The van der Waals surface area contributed by atoms with Crippen molar-refractivity contribution < 1.29 is 14.3 Å². The van der Waals surface area contributed by atoms with Crippen molar-refractivity contribution in [2.75, 3.05) is 6.61 Å². The summed E-state index contributed by atoms with van der Waals surface area (Å²) >= 11 is 9.74. The van der Waals surface area contributed by atoms with Gasteiger partial charge in [0, 0.05) is 26.2 Å². The van der Waals surface area contributed by atoms with E-state index in [2.05, 4.69) is 26.5 Å². The summed E-state index contributed by atoms with van der Waals surface area (Å²) in [5, 5.41) is 4.71. The highest BCUT2D eigenvalue weighted by molar-refractivity contribution is 9.10. The SMILES string of the molecule is CCOc1cc(/C=N\NC(=O)c2ccc(C)cc2)c(Br)cc1OCc1ccccc1Cl. The second kappa shape index (κ2) is 11.0. The Hall–Kier alpha value is -2.83. The van der Waals surface area contributed by atoms with Crippen LogP contribution in [0, 0.1) is 6.92 Å². The number of nitrogens with one attached hydrogen (secondary N) is 1. The molecule has 0 bridgehead atoms. The van der Waals surface area contributed by atoms with E-state index in [1.807, 2.05) is 56.3 Å². The lowest BCUT2D eigenvalue weighted by Crippen LogP contribution is -2.17. The van der Waals surface area contributed by atoms with Crippen molar-refractivity contribution in [3.05, 3.63) is 92.4 Å². The number of ether oxygens (including phenoxy) is 2. The quantitative estimate of drug-likeness (QED) is 0.297. The Morgan fingerprint density at radius 3 is 2.52 bits per heavy atom. The van der Waals surface area contributed by atoms with Crippen LogP contribution in [0.2, 0.25) is 5.02 Å². The molecule has 0 saturated carbocycles. The van der Waals surface area contributed by atoms with Crippen LogP contribution >= 0.6 is 27.5 Å². The highest BCUT2D eigenvalue weighted by atomic mass is 79.9. The maximum atomic E-state index is 12.2. The number of hydrogen-bond acceptors (Lipinski definition) is 4. The number of carbonyl (C=O) groups is 1. The maximum Gasteiger partial charge on any atom is 0.271 e. The lowest BCUT2D eigenvalue weighted by Gasteiger charge is -2.14. The lowest BCUT2D eigenvalue weighted by atomic mass is 10.1. The van der Waals surface area contributed by atoms with Crippen LogP contribution < -0.4 is 14.9 Å². The molecule has 1 amide bonds. The molecule has 0 heterocycles. The molecule has 31 heavy (non-hydrogen) atoms. The Labute approximate surface area is 195 Å². The van der Waals surface area contributed by atoms with E-state index in [9.17, 15) is 4.79 Å². The second-order valence-corrected chi connectivity index (χ2v) is 7.96. The Morgan fingerprint density at radius 2 is 1.81 bits per heavy atom. The fraction of sp³-hybridized carbons (Fsp3) is 0.167. The molecule has 3 rings (SSSR count). The molecule has 7 heteroatoms. The van der Waals surface area contributed by atoms with Gasteiger partial charge in [-0.15, -0.1) is 0 Å². The zero-order valence-electron chi connectivity index (χ0n) is 17.2. The summed E-state index contributed by atoms with van der Waals surface area (Å²) in [5.74, 6) is 0.871. The van der Waals surface area contributed by atoms with Gasteiger partial charge in [0.2, 0.25) is 0 Å². The van der Waals surface area contributed by atoms with Crippen LogP contribution in [0.3, 0.4) is 0 Å². The topological polar surface area (TPSA) is 59.9 Å². The van der Waals surface area contributed by atoms with E-state index in [1.54, 1.807) is 24.4 Å². The molecule has 0 radical (unpaired) electrons. The van der Waals surface area contributed by atoms with E-state index in [4.69, 9.17) is 21.1 Å². The van der Waals surface area contributed by atoms with Gasteiger partial charge in [-0.1, -0.05) is 47.5 Å². The van der Waals surface area contributed by atoms with Crippen molar-refractivity contribution in [3.63, 3.8) is 0 Å². The molecule has 160 valence electrons. The van der Waals surface area contributed by atoms with Gasteiger partial charge in [0.1, 0.15) is 6.61 Å². The molecule has 3 aromatic rings. The van der Waals surface area contributed by atoms with E-state index < -0.39 is 0 Å². The summed E-state index contributed by atoms with van der Waals surface area (Å²) in [6.07, 6.45) is 1.55. The molecule has 0 atom stereocenters. The Morgan fingerprint density at radius 1 is 1.10 bits per heavy atom. The average Bonchev–Trinajstić information content (AvgIpc) is 2.76. The zero-order chi connectivity index (χ0) is 22.2. The van der Waals surface area contributed by atoms with Crippen molar-refractivity contribution in [1.82, 2.24) is 5.43 Å². The van der Waals surface area contributed by atoms with Crippen LogP contribution in [0.4, 0.5) is 0 Å². The summed E-state index contributed by atoms with van der Waals surface area (Å²) in [5.41, 5.74) is 5.78. The molecule has 0 unspecified atom stereocenters. The molecular formula is C24H22BrClN2O3. The van der Waals surface area contributed by atoms with Crippen LogP contribution in [0.15, 0.2) is 70.2 Å². The first-order valence-corrected chi connectivity index (χ1v) is 10.9. The third-order valence-electron chi connectivity index (χ3n) is 4.39. The number of amides is 1. The van der Waals surface area contributed by atoms with Crippen molar-refractivity contribution in [1.29, 1.82) is 0 Å². The van der Waals surface area contributed by atoms with Gasteiger partial charge in [0.25, 0.3) is 5.91 Å². The third-order valence-corrected chi connectivity index (χ3v) is 5.44. The molecule has 1 N–H and O–H groups in total. The van der Waals surface area contributed by atoms with Crippen molar-refractivity contribution in [2.45, 2.75) is 20.5 Å². The van der Waals surface area contributed by atoms with Gasteiger partial charge in [-0.05, 0) is 60.1 Å². The first kappa shape index (κ1) is 22.8. The van der Waals surface area contributed by atoms with Crippen LogP contribution in [-0.2, 0) is 6.61 Å². The smallest absolute Gasteiger partial charge is 0.271 e. The predicted molar refractivity (Wildman–Crippen MR) is 127 cm³/mol. The fourth-order valence-electron chi connectivity index (χ4n) is 2.73. The monoisotopic (exact) mass is 500 g/mol.